The van der Waals surface area contributed by atoms with Crippen molar-refractivity contribution in [2.24, 2.45) is 23.7 Å². The van der Waals surface area contributed by atoms with E-state index in [-0.39, 0.29) is 34.4 Å². The fraction of sp³-hybridized carbons (Fsp3) is 0.500. The Morgan fingerprint density at radius 3 is 2.13 bits per heavy atom. The normalized spacial score (nSPS) is 32.8. The zero-order chi connectivity index (χ0) is 16.5. The summed E-state index contributed by atoms with van der Waals surface area (Å²) < 4.78 is 38.7. The van der Waals surface area contributed by atoms with Crippen molar-refractivity contribution in [3.8, 4) is 0 Å². The van der Waals surface area contributed by atoms with Crippen molar-refractivity contribution >= 4 is 29.1 Å². The molecule has 4 atom stereocenters. The Morgan fingerprint density at radius 1 is 1.04 bits per heavy atom. The Bertz CT molecular complexity index is 690. The van der Waals surface area contributed by atoms with Crippen LogP contribution in [0.4, 0.5) is 18.9 Å². The third-order valence-electron chi connectivity index (χ3n) is 5.44. The third kappa shape index (κ3) is 2.04. The summed E-state index contributed by atoms with van der Waals surface area (Å²) in [5.74, 6) is -1.20. The molecule has 1 aromatic rings. The van der Waals surface area contributed by atoms with Crippen LogP contribution in [0.5, 0.6) is 0 Å². The number of nitrogens with zero attached hydrogens (tertiary/aromatic N) is 1. The lowest BCUT2D eigenvalue weighted by atomic mass is 9.81. The van der Waals surface area contributed by atoms with Gasteiger partial charge in [0, 0.05) is 0 Å². The van der Waals surface area contributed by atoms with E-state index in [0.29, 0.717) is 0 Å². The summed E-state index contributed by atoms with van der Waals surface area (Å²) >= 11 is 5.99. The monoisotopic (exact) mass is 343 g/mol. The van der Waals surface area contributed by atoms with Crippen molar-refractivity contribution in [2.45, 2.75) is 25.4 Å². The standard InChI is InChI=1S/C16H13ClF3NO2/c17-10-4-3-9(16(18,19)20)6-11(10)21-14(22)12-7-1-2-8(5-7)13(12)15(21)23/h3-4,6-8,12-13H,1-2,5H2/t7-,8-,12+,13+/m0/s1. The first-order chi connectivity index (χ1) is 10.8. The maximum atomic E-state index is 12.9. The van der Waals surface area contributed by atoms with E-state index in [1.165, 1.54) is 0 Å². The first kappa shape index (κ1) is 15.0. The van der Waals surface area contributed by atoms with E-state index >= 15 is 0 Å². The van der Waals surface area contributed by atoms with Crippen molar-refractivity contribution < 1.29 is 22.8 Å². The molecule has 3 aliphatic rings. The van der Waals surface area contributed by atoms with Crippen molar-refractivity contribution in [3.05, 3.63) is 28.8 Å². The van der Waals surface area contributed by atoms with E-state index in [0.717, 1.165) is 42.4 Å². The number of alkyl halides is 3. The van der Waals surface area contributed by atoms with E-state index < -0.39 is 23.6 Å². The van der Waals surface area contributed by atoms with Crippen LogP contribution < -0.4 is 4.90 Å². The van der Waals surface area contributed by atoms with Gasteiger partial charge in [-0.1, -0.05) is 11.6 Å². The lowest BCUT2D eigenvalue weighted by molar-refractivity contribution is -0.137. The maximum Gasteiger partial charge on any atom is 0.416 e. The molecule has 2 bridgehead atoms. The summed E-state index contributed by atoms with van der Waals surface area (Å²) in [5.41, 5.74) is -1.07. The van der Waals surface area contributed by atoms with Crippen molar-refractivity contribution in [3.63, 3.8) is 0 Å². The molecule has 1 aliphatic heterocycles. The number of hydrogen-bond donors (Lipinski definition) is 0. The number of fused-ring (bicyclic) bond motifs is 5. The van der Waals surface area contributed by atoms with Gasteiger partial charge in [-0.15, -0.1) is 0 Å². The molecule has 3 fully saturated rings. The SMILES string of the molecule is O=C1[C@@H]2[C@H]3CC[C@@H](C3)[C@H]2C(=O)N1c1cc(C(F)(F)F)ccc1Cl. The minimum Gasteiger partial charge on any atom is -0.274 e. The molecule has 23 heavy (non-hydrogen) atoms. The van der Waals surface area contributed by atoms with Crippen LogP contribution in [0.15, 0.2) is 18.2 Å². The molecule has 2 amide bonds. The molecule has 3 nitrogen and oxygen atoms in total. The quantitative estimate of drug-likeness (QED) is 0.725. The molecule has 0 radical (unpaired) electrons. The summed E-state index contributed by atoms with van der Waals surface area (Å²) in [6, 6.07) is 2.73. The predicted molar refractivity (Wildman–Crippen MR) is 76.8 cm³/mol. The molecule has 0 spiro atoms. The lowest BCUT2D eigenvalue weighted by Crippen LogP contribution is -2.33. The van der Waals surface area contributed by atoms with Crippen molar-refractivity contribution in [1.82, 2.24) is 0 Å². The molecular formula is C16H13ClF3NO2. The molecule has 2 aliphatic carbocycles. The minimum atomic E-state index is -4.56. The van der Waals surface area contributed by atoms with E-state index in [1.807, 2.05) is 0 Å². The van der Waals surface area contributed by atoms with Crippen LogP contribution >= 0.6 is 11.6 Å². The molecule has 0 aromatic heterocycles. The molecule has 0 N–H and O–H groups in total. The van der Waals surface area contributed by atoms with Crippen LogP contribution in [-0.4, -0.2) is 11.8 Å². The minimum absolute atomic E-state index is 0.0213. The largest absolute Gasteiger partial charge is 0.416 e. The topological polar surface area (TPSA) is 37.4 Å². The smallest absolute Gasteiger partial charge is 0.274 e. The van der Waals surface area contributed by atoms with Gasteiger partial charge in [-0.3, -0.25) is 9.59 Å². The average Bonchev–Trinajstić information content (AvgIpc) is 3.13. The zero-order valence-electron chi connectivity index (χ0n) is 11.9. The summed E-state index contributed by atoms with van der Waals surface area (Å²) in [6.45, 7) is 0. The highest BCUT2D eigenvalue weighted by atomic mass is 35.5. The molecule has 1 aromatic carbocycles. The number of imide groups is 1. The van der Waals surface area contributed by atoms with Gasteiger partial charge in [-0.2, -0.15) is 13.2 Å². The van der Waals surface area contributed by atoms with Gasteiger partial charge in [0.1, 0.15) is 0 Å². The summed E-state index contributed by atoms with van der Waals surface area (Å²) in [6.07, 6.45) is -1.86. The second kappa shape index (κ2) is 4.72. The van der Waals surface area contributed by atoms with Crippen LogP contribution in [0.2, 0.25) is 5.02 Å². The number of anilines is 1. The van der Waals surface area contributed by atoms with Gasteiger partial charge >= 0.3 is 6.18 Å². The van der Waals surface area contributed by atoms with Crippen molar-refractivity contribution in [1.29, 1.82) is 0 Å². The molecule has 4 rings (SSSR count). The highest BCUT2D eigenvalue weighted by molar-refractivity contribution is 6.36. The second-order valence-corrected chi connectivity index (χ2v) is 6.97. The van der Waals surface area contributed by atoms with Gasteiger partial charge in [0.15, 0.2) is 0 Å². The van der Waals surface area contributed by atoms with E-state index in [1.54, 1.807) is 0 Å². The fourth-order valence-electron chi connectivity index (χ4n) is 4.51. The highest BCUT2D eigenvalue weighted by Gasteiger charge is 2.61. The van der Waals surface area contributed by atoms with Crippen LogP contribution in [0.1, 0.15) is 24.8 Å². The Balaban J connectivity index is 1.77. The lowest BCUT2D eigenvalue weighted by Gasteiger charge is -2.20. The molecule has 0 unspecified atom stereocenters. The van der Waals surface area contributed by atoms with Crippen LogP contribution in [-0.2, 0) is 15.8 Å². The molecular weight excluding hydrogens is 331 g/mol. The maximum absolute atomic E-state index is 12.9. The van der Waals surface area contributed by atoms with Crippen molar-refractivity contribution in [2.75, 3.05) is 4.90 Å². The summed E-state index contributed by atoms with van der Waals surface area (Å²) in [5, 5.41) is -0.0213. The van der Waals surface area contributed by atoms with Gasteiger partial charge in [-0.05, 0) is 49.3 Å². The van der Waals surface area contributed by atoms with Crippen LogP contribution in [0.25, 0.3) is 0 Å². The first-order valence-corrected chi connectivity index (χ1v) is 7.91. The molecule has 122 valence electrons. The van der Waals surface area contributed by atoms with Gasteiger partial charge in [0.05, 0.1) is 28.1 Å². The highest BCUT2D eigenvalue weighted by Crippen LogP contribution is 2.57. The Kier molecular flexibility index (Phi) is 3.08. The van der Waals surface area contributed by atoms with E-state index in [4.69, 9.17) is 11.6 Å². The van der Waals surface area contributed by atoms with Crippen LogP contribution in [0.3, 0.4) is 0 Å². The molecule has 1 heterocycles. The Morgan fingerprint density at radius 2 is 1.61 bits per heavy atom. The third-order valence-corrected chi connectivity index (χ3v) is 5.76. The Hall–Kier alpha value is -1.56. The molecule has 1 saturated heterocycles. The average molecular weight is 344 g/mol. The number of rotatable bonds is 1. The zero-order valence-corrected chi connectivity index (χ0v) is 12.7. The van der Waals surface area contributed by atoms with E-state index in [9.17, 15) is 22.8 Å². The number of hydrogen-bond acceptors (Lipinski definition) is 2. The summed E-state index contributed by atoms with van der Waals surface area (Å²) in [4.78, 5) is 26.2. The number of amides is 2. The summed E-state index contributed by atoms with van der Waals surface area (Å²) in [7, 11) is 0. The number of carbonyl (C=O) groups excluding carboxylic acids is 2. The second-order valence-electron chi connectivity index (χ2n) is 6.56. The fourth-order valence-corrected chi connectivity index (χ4v) is 4.71. The van der Waals surface area contributed by atoms with Crippen LogP contribution in [0, 0.1) is 23.7 Å². The number of carbonyl (C=O) groups is 2. The number of halogens is 4. The predicted octanol–water partition coefficient (Wildman–Crippen LogP) is 3.89. The number of benzene rings is 1. The van der Waals surface area contributed by atoms with Gasteiger partial charge in [0.2, 0.25) is 11.8 Å². The Labute approximate surface area is 135 Å². The molecule has 2 saturated carbocycles. The molecule has 7 heteroatoms. The van der Waals surface area contributed by atoms with Gasteiger partial charge < -0.3 is 0 Å². The van der Waals surface area contributed by atoms with Gasteiger partial charge in [0.25, 0.3) is 0 Å². The first-order valence-electron chi connectivity index (χ1n) is 7.53. The van der Waals surface area contributed by atoms with Gasteiger partial charge in [-0.25, -0.2) is 4.90 Å². The van der Waals surface area contributed by atoms with E-state index in [2.05, 4.69) is 0 Å².